The van der Waals surface area contributed by atoms with Crippen LogP contribution in [-0.2, 0) is 0 Å². The molecule has 5 heteroatoms. The standard InChI is InChI=1S/C16H20FN3S/c1-4-8-18-12(3)13-5-6-15(14(17)10-13)21-16-19-9-7-11(2)20-16/h5-7,9-10,12,18H,4,8H2,1-3H3. The number of benzene rings is 1. The molecule has 2 rings (SSSR count). The maximum atomic E-state index is 14.2. The molecule has 1 unspecified atom stereocenters. The van der Waals surface area contributed by atoms with Gasteiger partial charge in [0, 0.05) is 17.9 Å². The predicted octanol–water partition coefficient (Wildman–Crippen LogP) is 4.14. The van der Waals surface area contributed by atoms with E-state index in [1.807, 2.05) is 26.0 Å². The third-order valence-corrected chi connectivity index (χ3v) is 4.06. The lowest BCUT2D eigenvalue weighted by Crippen LogP contribution is -2.19. The summed E-state index contributed by atoms with van der Waals surface area (Å²) in [5.74, 6) is -0.229. The Morgan fingerprint density at radius 3 is 2.81 bits per heavy atom. The van der Waals surface area contributed by atoms with Gasteiger partial charge in [-0.1, -0.05) is 13.0 Å². The largest absolute Gasteiger partial charge is 0.310 e. The average Bonchev–Trinajstić information content (AvgIpc) is 2.47. The summed E-state index contributed by atoms with van der Waals surface area (Å²) >= 11 is 1.25. The second-order valence-corrected chi connectivity index (χ2v) is 5.96. The molecule has 0 saturated carbocycles. The summed E-state index contributed by atoms with van der Waals surface area (Å²) in [7, 11) is 0. The molecule has 1 aromatic heterocycles. The highest BCUT2D eigenvalue weighted by Crippen LogP contribution is 2.29. The van der Waals surface area contributed by atoms with E-state index >= 15 is 0 Å². The van der Waals surface area contributed by atoms with Gasteiger partial charge in [0.05, 0.1) is 4.90 Å². The fraction of sp³-hybridized carbons (Fsp3) is 0.375. The highest BCUT2D eigenvalue weighted by atomic mass is 32.2. The predicted molar refractivity (Wildman–Crippen MR) is 84.0 cm³/mol. The van der Waals surface area contributed by atoms with E-state index in [1.54, 1.807) is 18.3 Å². The lowest BCUT2D eigenvalue weighted by molar-refractivity contribution is 0.556. The lowest BCUT2D eigenvalue weighted by atomic mass is 10.1. The number of nitrogens with zero attached hydrogens (tertiary/aromatic N) is 2. The van der Waals surface area contributed by atoms with Gasteiger partial charge in [-0.3, -0.25) is 0 Å². The minimum atomic E-state index is -0.229. The van der Waals surface area contributed by atoms with Crippen LogP contribution in [0.3, 0.4) is 0 Å². The van der Waals surface area contributed by atoms with E-state index in [9.17, 15) is 4.39 Å². The third-order valence-electron chi connectivity index (χ3n) is 3.13. The normalized spacial score (nSPS) is 12.4. The highest BCUT2D eigenvalue weighted by molar-refractivity contribution is 7.99. The average molecular weight is 305 g/mol. The summed E-state index contributed by atoms with van der Waals surface area (Å²) in [5, 5.41) is 3.92. The van der Waals surface area contributed by atoms with Crippen molar-refractivity contribution in [2.45, 2.75) is 43.3 Å². The van der Waals surface area contributed by atoms with Crippen molar-refractivity contribution < 1.29 is 4.39 Å². The first kappa shape index (κ1) is 15.9. The highest BCUT2D eigenvalue weighted by Gasteiger charge is 2.11. The molecule has 2 aromatic rings. The first-order chi connectivity index (χ1) is 10.1. The van der Waals surface area contributed by atoms with Crippen LogP contribution in [0.1, 0.15) is 37.6 Å². The van der Waals surface area contributed by atoms with E-state index in [-0.39, 0.29) is 11.9 Å². The number of halogens is 1. The van der Waals surface area contributed by atoms with Crippen molar-refractivity contribution in [3.63, 3.8) is 0 Å². The zero-order chi connectivity index (χ0) is 15.2. The Bertz CT molecular complexity index is 604. The van der Waals surface area contributed by atoms with Crippen LogP contribution < -0.4 is 5.32 Å². The van der Waals surface area contributed by atoms with Crippen LogP contribution in [-0.4, -0.2) is 16.5 Å². The number of nitrogens with one attached hydrogen (secondary N) is 1. The van der Waals surface area contributed by atoms with Crippen LogP contribution in [0.5, 0.6) is 0 Å². The van der Waals surface area contributed by atoms with E-state index in [2.05, 4.69) is 22.2 Å². The summed E-state index contributed by atoms with van der Waals surface area (Å²) in [6.45, 7) is 6.98. The molecule has 0 amide bonds. The van der Waals surface area contributed by atoms with Crippen molar-refractivity contribution in [2.24, 2.45) is 0 Å². The molecule has 3 nitrogen and oxygen atoms in total. The number of hydrogen-bond donors (Lipinski definition) is 1. The molecule has 21 heavy (non-hydrogen) atoms. The van der Waals surface area contributed by atoms with Crippen LogP contribution in [0.2, 0.25) is 0 Å². The van der Waals surface area contributed by atoms with Gasteiger partial charge in [0.1, 0.15) is 5.82 Å². The lowest BCUT2D eigenvalue weighted by Gasteiger charge is -2.14. The minimum absolute atomic E-state index is 0.147. The van der Waals surface area contributed by atoms with Crippen LogP contribution >= 0.6 is 11.8 Å². The molecule has 0 aliphatic heterocycles. The van der Waals surface area contributed by atoms with Crippen LogP contribution in [0.4, 0.5) is 4.39 Å². The first-order valence-electron chi connectivity index (χ1n) is 7.10. The Morgan fingerprint density at radius 2 is 2.14 bits per heavy atom. The molecule has 0 aliphatic rings. The van der Waals surface area contributed by atoms with E-state index in [4.69, 9.17) is 0 Å². The molecule has 112 valence electrons. The van der Waals surface area contributed by atoms with Crippen molar-refractivity contribution >= 4 is 11.8 Å². The topological polar surface area (TPSA) is 37.8 Å². The summed E-state index contributed by atoms with van der Waals surface area (Å²) in [6.07, 6.45) is 2.75. The monoisotopic (exact) mass is 305 g/mol. The van der Waals surface area contributed by atoms with Gasteiger partial charge in [-0.25, -0.2) is 14.4 Å². The maximum Gasteiger partial charge on any atom is 0.192 e. The SMILES string of the molecule is CCCNC(C)c1ccc(Sc2nccc(C)n2)c(F)c1. The van der Waals surface area contributed by atoms with Gasteiger partial charge in [-0.15, -0.1) is 0 Å². The Kier molecular flexibility index (Phi) is 5.70. The molecule has 0 saturated heterocycles. The summed E-state index contributed by atoms with van der Waals surface area (Å²) in [4.78, 5) is 8.98. The van der Waals surface area contributed by atoms with E-state index in [0.717, 1.165) is 24.2 Å². The van der Waals surface area contributed by atoms with Gasteiger partial charge in [0.25, 0.3) is 0 Å². The Balaban J connectivity index is 2.12. The summed E-state index contributed by atoms with van der Waals surface area (Å²) < 4.78 is 14.2. The van der Waals surface area contributed by atoms with E-state index < -0.39 is 0 Å². The summed E-state index contributed by atoms with van der Waals surface area (Å²) in [6, 6.07) is 7.31. The van der Waals surface area contributed by atoms with Gasteiger partial charge >= 0.3 is 0 Å². The zero-order valence-electron chi connectivity index (χ0n) is 12.6. The summed E-state index contributed by atoms with van der Waals surface area (Å²) in [5.41, 5.74) is 1.83. The number of aromatic nitrogens is 2. The Labute approximate surface area is 129 Å². The molecular formula is C16H20FN3S. The van der Waals surface area contributed by atoms with Crippen molar-refractivity contribution in [2.75, 3.05) is 6.54 Å². The maximum absolute atomic E-state index is 14.2. The number of rotatable bonds is 6. The molecule has 1 atom stereocenters. The Hall–Kier alpha value is -1.46. The van der Waals surface area contributed by atoms with Gasteiger partial charge in [0.15, 0.2) is 5.16 Å². The van der Waals surface area contributed by atoms with Gasteiger partial charge in [-0.2, -0.15) is 0 Å². The van der Waals surface area contributed by atoms with Crippen molar-refractivity contribution in [1.29, 1.82) is 0 Å². The van der Waals surface area contributed by atoms with Gasteiger partial charge in [-0.05, 0) is 62.3 Å². The third kappa shape index (κ3) is 4.51. The van der Waals surface area contributed by atoms with Crippen LogP contribution in [0, 0.1) is 12.7 Å². The van der Waals surface area contributed by atoms with Crippen molar-refractivity contribution in [3.05, 3.63) is 47.5 Å². The second kappa shape index (κ2) is 7.52. The number of aryl methyl sites for hydroxylation is 1. The van der Waals surface area contributed by atoms with Crippen LogP contribution in [0.25, 0.3) is 0 Å². The van der Waals surface area contributed by atoms with Crippen molar-refractivity contribution in [3.8, 4) is 0 Å². The molecular weight excluding hydrogens is 285 g/mol. The molecule has 0 radical (unpaired) electrons. The first-order valence-corrected chi connectivity index (χ1v) is 7.92. The van der Waals surface area contributed by atoms with Gasteiger partial charge in [0.2, 0.25) is 0 Å². The molecule has 1 heterocycles. The fourth-order valence-electron chi connectivity index (χ4n) is 1.92. The second-order valence-electron chi connectivity index (χ2n) is 4.95. The van der Waals surface area contributed by atoms with Gasteiger partial charge < -0.3 is 5.32 Å². The molecule has 0 bridgehead atoms. The van der Waals surface area contributed by atoms with Crippen LogP contribution in [0.15, 0.2) is 40.5 Å². The molecule has 0 aliphatic carbocycles. The smallest absolute Gasteiger partial charge is 0.192 e. The van der Waals surface area contributed by atoms with Crippen molar-refractivity contribution in [1.82, 2.24) is 15.3 Å². The molecule has 1 aromatic carbocycles. The quantitative estimate of drug-likeness (QED) is 0.814. The minimum Gasteiger partial charge on any atom is -0.310 e. The number of hydrogen-bond acceptors (Lipinski definition) is 4. The molecule has 0 spiro atoms. The molecule has 1 N–H and O–H groups in total. The van der Waals surface area contributed by atoms with E-state index in [0.29, 0.717) is 10.1 Å². The van der Waals surface area contributed by atoms with E-state index in [1.165, 1.54) is 11.8 Å². The fourth-order valence-corrected chi connectivity index (χ4v) is 2.71. The molecule has 0 fully saturated rings. The Morgan fingerprint density at radius 1 is 1.33 bits per heavy atom. The zero-order valence-corrected chi connectivity index (χ0v) is 13.4.